The predicted molar refractivity (Wildman–Crippen MR) is 145 cm³/mol. The van der Waals surface area contributed by atoms with Crippen molar-refractivity contribution < 1.29 is 0 Å². The lowest BCUT2D eigenvalue weighted by molar-refractivity contribution is 0.311. The Kier molecular flexibility index (Phi) is 5.61. The molecule has 6 rings (SSSR count). The molecule has 1 atom stereocenters. The molecule has 37 heavy (non-hydrogen) atoms. The van der Waals surface area contributed by atoms with Crippen molar-refractivity contribution in [2.45, 2.75) is 12.8 Å². The van der Waals surface area contributed by atoms with Gasteiger partial charge in [-0.3, -0.25) is 4.40 Å². The van der Waals surface area contributed by atoms with Crippen molar-refractivity contribution >= 4 is 23.6 Å². The molecule has 0 saturated carbocycles. The summed E-state index contributed by atoms with van der Waals surface area (Å²) in [5.41, 5.74) is 5.78. The van der Waals surface area contributed by atoms with Crippen molar-refractivity contribution in [3.8, 4) is 28.5 Å². The number of nitrogens with zero attached hydrogens (tertiary/aromatic N) is 7. The first-order valence-electron chi connectivity index (χ1n) is 12.5. The highest BCUT2D eigenvalue weighted by Gasteiger charge is 2.43. The highest BCUT2D eigenvalue weighted by molar-refractivity contribution is 5.94. The fourth-order valence-corrected chi connectivity index (χ4v) is 5.90. The van der Waals surface area contributed by atoms with Gasteiger partial charge in [-0.2, -0.15) is 5.26 Å². The fraction of sp³-hybridized carbons (Fsp3) is 0.321. The summed E-state index contributed by atoms with van der Waals surface area (Å²) in [7, 11) is 4.00. The quantitative estimate of drug-likeness (QED) is 0.408. The van der Waals surface area contributed by atoms with Gasteiger partial charge in [-0.25, -0.2) is 15.0 Å². The Hall–Kier alpha value is -4.29. The maximum absolute atomic E-state index is 9.34. The molecule has 186 valence electrons. The van der Waals surface area contributed by atoms with Crippen molar-refractivity contribution in [3.05, 3.63) is 60.0 Å². The van der Waals surface area contributed by atoms with Crippen LogP contribution in [-0.4, -0.2) is 70.7 Å². The number of imidazole rings is 1. The van der Waals surface area contributed by atoms with Gasteiger partial charge in [0.2, 0.25) is 5.95 Å². The normalized spacial score (nSPS) is 19.5. The first kappa shape index (κ1) is 23.1. The number of fused-ring (bicyclic) bond motifs is 1. The molecule has 4 aromatic rings. The molecular formula is C28H29N9. The monoisotopic (exact) mass is 491 g/mol. The summed E-state index contributed by atoms with van der Waals surface area (Å²) >= 11 is 0. The molecule has 2 saturated heterocycles. The number of hydrogen-bond donors (Lipinski definition) is 2. The van der Waals surface area contributed by atoms with Crippen LogP contribution >= 0.6 is 0 Å². The molecule has 0 amide bonds. The smallest absolute Gasteiger partial charge is 0.211 e. The van der Waals surface area contributed by atoms with E-state index in [1.54, 1.807) is 13.2 Å². The minimum absolute atomic E-state index is 0.308. The molecule has 2 N–H and O–H groups in total. The molecular weight excluding hydrogens is 462 g/mol. The minimum Gasteiger partial charge on any atom is -0.373 e. The van der Waals surface area contributed by atoms with E-state index in [9.17, 15) is 5.26 Å². The van der Waals surface area contributed by atoms with Crippen LogP contribution in [0.3, 0.4) is 0 Å². The van der Waals surface area contributed by atoms with Crippen LogP contribution in [0, 0.1) is 22.2 Å². The molecule has 2 fully saturated rings. The van der Waals surface area contributed by atoms with E-state index in [0.717, 1.165) is 66.6 Å². The Balaban J connectivity index is 1.55. The molecule has 5 heterocycles. The van der Waals surface area contributed by atoms with Crippen LogP contribution in [0.2, 0.25) is 0 Å². The number of rotatable bonds is 5. The van der Waals surface area contributed by atoms with Crippen molar-refractivity contribution in [3.63, 3.8) is 0 Å². The van der Waals surface area contributed by atoms with Gasteiger partial charge in [-0.1, -0.05) is 12.1 Å². The Labute approximate surface area is 215 Å². The Morgan fingerprint density at radius 2 is 1.92 bits per heavy atom. The summed E-state index contributed by atoms with van der Waals surface area (Å²) in [4.78, 5) is 19.5. The lowest BCUT2D eigenvalue weighted by atomic mass is 9.86. The zero-order valence-corrected chi connectivity index (χ0v) is 21.1. The van der Waals surface area contributed by atoms with Crippen molar-refractivity contribution in [2.75, 3.05) is 50.5 Å². The molecule has 9 nitrogen and oxygen atoms in total. The standard InChI is InChI=1S/C28H29N9/c1-31-25-21(15-30)13-22(16-33-25)23-24(20-5-3-19(14-29)4-6-20)34-27(37-12-9-32-26(23)37)36-11-8-28(18-36)7-10-35(2)17-28/h3-6,9,12-13,15-16,30H,7-8,10-11,17-18H2,1-2H3,(H,31,33). The maximum atomic E-state index is 9.34. The second kappa shape index (κ2) is 8.98. The molecule has 9 heteroatoms. The van der Waals surface area contributed by atoms with Crippen LogP contribution in [0.15, 0.2) is 48.9 Å². The van der Waals surface area contributed by atoms with Gasteiger partial charge in [0, 0.05) is 73.6 Å². The summed E-state index contributed by atoms with van der Waals surface area (Å²) in [6.07, 6.45) is 9.26. The number of anilines is 2. The van der Waals surface area contributed by atoms with E-state index >= 15 is 0 Å². The van der Waals surface area contributed by atoms with Crippen LogP contribution in [-0.2, 0) is 0 Å². The van der Waals surface area contributed by atoms with Gasteiger partial charge in [0.05, 0.1) is 22.9 Å². The average molecular weight is 492 g/mol. The number of likely N-dealkylation sites (tertiary alicyclic amines) is 1. The summed E-state index contributed by atoms with van der Waals surface area (Å²) in [5, 5.41) is 20.3. The van der Waals surface area contributed by atoms with E-state index < -0.39 is 0 Å². The van der Waals surface area contributed by atoms with Crippen LogP contribution in [0.5, 0.6) is 0 Å². The highest BCUT2D eigenvalue weighted by Crippen LogP contribution is 2.42. The largest absolute Gasteiger partial charge is 0.373 e. The van der Waals surface area contributed by atoms with E-state index in [-0.39, 0.29) is 0 Å². The predicted octanol–water partition coefficient (Wildman–Crippen LogP) is 3.90. The molecule has 1 unspecified atom stereocenters. The lowest BCUT2D eigenvalue weighted by Crippen LogP contribution is -2.31. The van der Waals surface area contributed by atoms with E-state index in [1.165, 1.54) is 12.6 Å². The number of aromatic nitrogens is 4. The van der Waals surface area contributed by atoms with E-state index in [2.05, 4.69) is 37.6 Å². The third-order valence-electron chi connectivity index (χ3n) is 7.76. The zero-order valence-electron chi connectivity index (χ0n) is 21.1. The van der Waals surface area contributed by atoms with E-state index in [0.29, 0.717) is 22.4 Å². The SMILES string of the molecule is CNc1ncc(-c2c(-c3ccc(C#N)cc3)nc(N3CCC4(CCN(C)C4)C3)n3ccnc23)cc1C=N. The van der Waals surface area contributed by atoms with Crippen LogP contribution in [0.25, 0.3) is 28.0 Å². The molecule has 1 spiro atoms. The Bertz CT molecular complexity index is 1530. The highest BCUT2D eigenvalue weighted by atomic mass is 15.3. The number of benzene rings is 1. The third-order valence-corrected chi connectivity index (χ3v) is 7.76. The first-order chi connectivity index (χ1) is 18.0. The maximum Gasteiger partial charge on any atom is 0.211 e. The van der Waals surface area contributed by atoms with Gasteiger partial charge >= 0.3 is 0 Å². The number of nitrogens with one attached hydrogen (secondary N) is 2. The van der Waals surface area contributed by atoms with E-state index in [1.807, 2.05) is 42.7 Å². The second-order valence-corrected chi connectivity index (χ2v) is 10.2. The number of pyridine rings is 1. The number of hydrogen-bond acceptors (Lipinski definition) is 8. The molecule has 0 aliphatic carbocycles. The summed E-state index contributed by atoms with van der Waals surface area (Å²) in [6, 6.07) is 11.7. The number of nitriles is 1. The van der Waals surface area contributed by atoms with Crippen molar-refractivity contribution in [1.29, 1.82) is 10.7 Å². The first-order valence-corrected chi connectivity index (χ1v) is 12.5. The molecule has 2 aliphatic heterocycles. The summed E-state index contributed by atoms with van der Waals surface area (Å²) in [5.74, 6) is 1.53. The van der Waals surface area contributed by atoms with Gasteiger partial charge < -0.3 is 20.5 Å². The van der Waals surface area contributed by atoms with Crippen LogP contribution < -0.4 is 10.2 Å². The second-order valence-electron chi connectivity index (χ2n) is 10.2. The third kappa shape index (κ3) is 3.90. The molecule has 0 bridgehead atoms. The van der Waals surface area contributed by atoms with Gasteiger partial charge in [-0.05, 0) is 44.6 Å². The van der Waals surface area contributed by atoms with Gasteiger partial charge in [0.25, 0.3) is 0 Å². The summed E-state index contributed by atoms with van der Waals surface area (Å²) < 4.78 is 2.08. The van der Waals surface area contributed by atoms with Crippen molar-refractivity contribution in [1.82, 2.24) is 24.3 Å². The van der Waals surface area contributed by atoms with Crippen LogP contribution in [0.4, 0.5) is 11.8 Å². The van der Waals surface area contributed by atoms with Crippen LogP contribution in [0.1, 0.15) is 24.0 Å². The van der Waals surface area contributed by atoms with Gasteiger partial charge in [0.15, 0.2) is 0 Å². The Morgan fingerprint density at radius 3 is 2.62 bits per heavy atom. The molecule has 2 aliphatic rings. The minimum atomic E-state index is 0.308. The van der Waals surface area contributed by atoms with Gasteiger partial charge in [0.1, 0.15) is 11.5 Å². The van der Waals surface area contributed by atoms with E-state index in [4.69, 9.17) is 15.4 Å². The molecule has 1 aromatic carbocycles. The summed E-state index contributed by atoms with van der Waals surface area (Å²) in [6.45, 7) is 4.19. The lowest BCUT2D eigenvalue weighted by Gasteiger charge is -2.25. The van der Waals surface area contributed by atoms with Crippen molar-refractivity contribution in [2.24, 2.45) is 5.41 Å². The Morgan fingerprint density at radius 1 is 1.11 bits per heavy atom. The molecule has 0 radical (unpaired) electrons. The average Bonchev–Trinajstić information content (AvgIpc) is 3.67. The zero-order chi connectivity index (χ0) is 25.6. The fourth-order valence-electron chi connectivity index (χ4n) is 5.90. The topological polar surface area (TPSA) is 109 Å². The molecule has 3 aromatic heterocycles. The van der Waals surface area contributed by atoms with Gasteiger partial charge in [-0.15, -0.1) is 0 Å².